The van der Waals surface area contributed by atoms with Gasteiger partial charge in [-0.25, -0.2) is 4.98 Å². The maximum absolute atomic E-state index is 11.7. The zero-order valence-electron chi connectivity index (χ0n) is 11.5. The first-order valence-electron chi connectivity index (χ1n) is 5.93. The molecule has 96 valence electrons. The van der Waals surface area contributed by atoms with E-state index < -0.39 is 5.60 Å². The fourth-order valence-corrected chi connectivity index (χ4v) is 1.56. The molecule has 0 radical (unpaired) electrons. The van der Waals surface area contributed by atoms with Gasteiger partial charge in [-0.1, -0.05) is 20.8 Å². The molecule has 0 spiro atoms. The smallest absolute Gasteiger partial charge is 0.251 e. The standard InChI is InChI=1S/C13H22N2O2/c1-7-17-13(5,6)11-14-9(12(2,3)4)8-10(16)15-11/h8H,7H2,1-6H3,(H,14,15,16). The lowest BCUT2D eigenvalue weighted by Crippen LogP contribution is -2.30. The van der Waals surface area contributed by atoms with E-state index in [0.717, 1.165) is 5.69 Å². The Morgan fingerprint density at radius 2 is 1.88 bits per heavy atom. The van der Waals surface area contributed by atoms with Crippen molar-refractivity contribution in [3.63, 3.8) is 0 Å². The van der Waals surface area contributed by atoms with E-state index in [1.165, 1.54) is 0 Å². The first kappa shape index (κ1) is 13.9. The SMILES string of the molecule is CCOC(C)(C)c1nc(C(C)(C)C)cc(=O)[nH]1. The summed E-state index contributed by atoms with van der Waals surface area (Å²) in [5.41, 5.74) is -0.0720. The first-order valence-corrected chi connectivity index (χ1v) is 5.93. The van der Waals surface area contributed by atoms with Crippen LogP contribution in [0.1, 0.15) is 53.1 Å². The van der Waals surface area contributed by atoms with Gasteiger partial charge in [-0.15, -0.1) is 0 Å². The van der Waals surface area contributed by atoms with Crippen LogP contribution in [-0.4, -0.2) is 16.6 Å². The Kier molecular flexibility index (Phi) is 3.77. The van der Waals surface area contributed by atoms with Crippen LogP contribution in [0.5, 0.6) is 0 Å². The van der Waals surface area contributed by atoms with Crippen molar-refractivity contribution >= 4 is 0 Å². The maximum Gasteiger partial charge on any atom is 0.251 e. The Morgan fingerprint density at radius 3 is 2.35 bits per heavy atom. The average Bonchev–Trinajstić information content (AvgIpc) is 2.15. The van der Waals surface area contributed by atoms with E-state index in [9.17, 15) is 4.79 Å². The van der Waals surface area contributed by atoms with Crippen LogP contribution in [0.15, 0.2) is 10.9 Å². The molecule has 0 saturated heterocycles. The number of ether oxygens (including phenoxy) is 1. The Balaban J connectivity index is 3.28. The molecule has 0 amide bonds. The maximum atomic E-state index is 11.7. The minimum Gasteiger partial charge on any atom is -0.368 e. The van der Waals surface area contributed by atoms with Gasteiger partial charge in [0.15, 0.2) is 0 Å². The normalized spacial score (nSPS) is 12.8. The number of hydrogen-bond acceptors (Lipinski definition) is 3. The monoisotopic (exact) mass is 238 g/mol. The second-order valence-electron chi connectivity index (χ2n) is 5.67. The molecule has 1 rings (SSSR count). The van der Waals surface area contributed by atoms with E-state index in [0.29, 0.717) is 12.4 Å². The molecule has 0 bridgehead atoms. The van der Waals surface area contributed by atoms with Crippen LogP contribution >= 0.6 is 0 Å². The third-order valence-corrected chi connectivity index (χ3v) is 2.59. The molecule has 0 aliphatic rings. The predicted molar refractivity (Wildman–Crippen MR) is 68.2 cm³/mol. The quantitative estimate of drug-likeness (QED) is 0.879. The Morgan fingerprint density at radius 1 is 1.29 bits per heavy atom. The fraction of sp³-hybridized carbons (Fsp3) is 0.692. The molecule has 0 aliphatic heterocycles. The van der Waals surface area contributed by atoms with Gasteiger partial charge in [0.1, 0.15) is 11.4 Å². The van der Waals surface area contributed by atoms with Gasteiger partial charge in [-0.3, -0.25) is 4.79 Å². The lowest BCUT2D eigenvalue weighted by atomic mass is 9.91. The highest BCUT2D eigenvalue weighted by Gasteiger charge is 2.26. The zero-order chi connectivity index (χ0) is 13.3. The number of rotatable bonds is 3. The molecule has 0 atom stereocenters. The van der Waals surface area contributed by atoms with Gasteiger partial charge in [-0.2, -0.15) is 0 Å². The van der Waals surface area contributed by atoms with Crippen LogP contribution in [0.25, 0.3) is 0 Å². The Labute approximate surface area is 102 Å². The minimum absolute atomic E-state index is 0.132. The Bertz CT molecular complexity index is 441. The fourth-order valence-electron chi connectivity index (χ4n) is 1.56. The second kappa shape index (κ2) is 4.61. The molecule has 4 nitrogen and oxygen atoms in total. The third kappa shape index (κ3) is 3.40. The van der Waals surface area contributed by atoms with Gasteiger partial charge in [0.25, 0.3) is 5.56 Å². The van der Waals surface area contributed by atoms with Crippen molar-refractivity contribution in [3.8, 4) is 0 Å². The highest BCUT2D eigenvalue weighted by Crippen LogP contribution is 2.23. The molecule has 1 N–H and O–H groups in total. The first-order chi connectivity index (χ1) is 7.66. The van der Waals surface area contributed by atoms with Crippen LogP contribution in [0, 0.1) is 0 Å². The minimum atomic E-state index is -0.574. The van der Waals surface area contributed by atoms with Crippen molar-refractivity contribution in [2.24, 2.45) is 0 Å². The molecular weight excluding hydrogens is 216 g/mol. The number of nitrogens with zero attached hydrogens (tertiary/aromatic N) is 1. The molecule has 0 aromatic carbocycles. The van der Waals surface area contributed by atoms with E-state index in [4.69, 9.17) is 4.74 Å². The van der Waals surface area contributed by atoms with Crippen LogP contribution in [0.4, 0.5) is 0 Å². The van der Waals surface area contributed by atoms with E-state index >= 15 is 0 Å². The molecule has 0 aliphatic carbocycles. The number of hydrogen-bond donors (Lipinski definition) is 1. The lowest BCUT2D eigenvalue weighted by molar-refractivity contribution is -0.0212. The molecule has 1 aromatic rings. The molecule has 1 aromatic heterocycles. The predicted octanol–water partition coefficient (Wildman–Crippen LogP) is 2.34. The summed E-state index contributed by atoms with van der Waals surface area (Å²) in [6.45, 7) is 12.4. The van der Waals surface area contributed by atoms with E-state index in [1.807, 2.05) is 41.5 Å². The summed E-state index contributed by atoms with van der Waals surface area (Å²) in [5, 5.41) is 0. The van der Waals surface area contributed by atoms with Crippen LogP contribution in [-0.2, 0) is 15.8 Å². The third-order valence-electron chi connectivity index (χ3n) is 2.59. The van der Waals surface area contributed by atoms with E-state index in [2.05, 4.69) is 9.97 Å². The lowest BCUT2D eigenvalue weighted by Gasteiger charge is -2.25. The summed E-state index contributed by atoms with van der Waals surface area (Å²) >= 11 is 0. The zero-order valence-corrected chi connectivity index (χ0v) is 11.5. The van der Waals surface area contributed by atoms with Crippen LogP contribution < -0.4 is 5.56 Å². The molecule has 4 heteroatoms. The van der Waals surface area contributed by atoms with Gasteiger partial charge in [0.05, 0.1) is 5.69 Å². The average molecular weight is 238 g/mol. The molecular formula is C13H22N2O2. The number of aromatic nitrogens is 2. The van der Waals surface area contributed by atoms with Crippen LogP contribution in [0.2, 0.25) is 0 Å². The number of H-pyrrole nitrogens is 1. The molecule has 0 fully saturated rings. The van der Waals surface area contributed by atoms with Crippen molar-refractivity contribution in [1.29, 1.82) is 0 Å². The molecule has 0 unspecified atom stereocenters. The van der Waals surface area contributed by atoms with Crippen LogP contribution in [0.3, 0.4) is 0 Å². The molecule has 17 heavy (non-hydrogen) atoms. The van der Waals surface area contributed by atoms with Crippen molar-refractivity contribution in [2.75, 3.05) is 6.61 Å². The highest BCUT2D eigenvalue weighted by molar-refractivity contribution is 5.14. The number of aromatic amines is 1. The summed E-state index contributed by atoms with van der Waals surface area (Å²) in [6.07, 6.45) is 0. The van der Waals surface area contributed by atoms with Crippen molar-refractivity contribution < 1.29 is 4.74 Å². The topological polar surface area (TPSA) is 55.0 Å². The summed E-state index contributed by atoms with van der Waals surface area (Å²) in [6, 6.07) is 1.55. The van der Waals surface area contributed by atoms with Crippen molar-refractivity contribution in [2.45, 2.75) is 52.6 Å². The van der Waals surface area contributed by atoms with Gasteiger partial charge in [0.2, 0.25) is 0 Å². The van der Waals surface area contributed by atoms with E-state index in [-0.39, 0.29) is 11.0 Å². The number of nitrogens with one attached hydrogen (secondary N) is 1. The highest BCUT2D eigenvalue weighted by atomic mass is 16.5. The summed E-state index contributed by atoms with van der Waals surface area (Å²) < 4.78 is 5.61. The van der Waals surface area contributed by atoms with Gasteiger partial charge < -0.3 is 9.72 Å². The Hall–Kier alpha value is -1.16. The largest absolute Gasteiger partial charge is 0.368 e. The van der Waals surface area contributed by atoms with Crippen molar-refractivity contribution in [1.82, 2.24) is 9.97 Å². The van der Waals surface area contributed by atoms with Gasteiger partial charge in [0, 0.05) is 18.1 Å². The summed E-state index contributed by atoms with van der Waals surface area (Å²) in [7, 11) is 0. The molecule has 0 saturated carbocycles. The second-order valence-corrected chi connectivity index (χ2v) is 5.67. The van der Waals surface area contributed by atoms with Gasteiger partial charge in [-0.05, 0) is 20.8 Å². The summed E-state index contributed by atoms with van der Waals surface area (Å²) in [5.74, 6) is 0.580. The van der Waals surface area contributed by atoms with Crippen molar-refractivity contribution in [3.05, 3.63) is 27.9 Å². The molecule has 1 heterocycles. The summed E-state index contributed by atoms with van der Waals surface area (Å²) in [4.78, 5) is 18.9. The van der Waals surface area contributed by atoms with E-state index in [1.54, 1.807) is 6.07 Å². The van der Waals surface area contributed by atoms with Gasteiger partial charge >= 0.3 is 0 Å².